The Morgan fingerprint density at radius 3 is 2.54 bits per heavy atom. The second-order valence-electron chi connectivity index (χ2n) is 6.12. The molecule has 0 bridgehead atoms. The monoisotopic (exact) mass is 364 g/mol. The quantitative estimate of drug-likeness (QED) is 0.855. The van der Waals surface area contributed by atoms with Gasteiger partial charge in [0.1, 0.15) is 0 Å². The van der Waals surface area contributed by atoms with Gasteiger partial charge in [-0.05, 0) is 42.3 Å². The Balaban J connectivity index is 1.50. The summed E-state index contributed by atoms with van der Waals surface area (Å²) >= 11 is 1.77. The largest absolute Gasteiger partial charge is 0.309 e. The Bertz CT molecular complexity index is 748. The van der Waals surface area contributed by atoms with E-state index in [-0.39, 0.29) is 5.75 Å². The Morgan fingerprint density at radius 1 is 1.17 bits per heavy atom. The highest BCUT2D eigenvalue weighted by Crippen LogP contribution is 2.25. The molecule has 2 aromatic rings. The predicted molar refractivity (Wildman–Crippen MR) is 101 cm³/mol. The van der Waals surface area contributed by atoms with E-state index in [1.807, 2.05) is 6.07 Å². The highest BCUT2D eigenvalue weighted by Gasteiger charge is 2.26. The van der Waals surface area contributed by atoms with E-state index < -0.39 is 10.0 Å². The van der Waals surface area contributed by atoms with Crippen molar-refractivity contribution in [1.82, 2.24) is 9.62 Å². The van der Waals surface area contributed by atoms with Gasteiger partial charge in [0.2, 0.25) is 10.0 Å². The number of hydrogen-bond donors (Lipinski definition) is 1. The van der Waals surface area contributed by atoms with Crippen molar-refractivity contribution >= 4 is 21.4 Å². The van der Waals surface area contributed by atoms with E-state index in [1.54, 1.807) is 22.6 Å². The predicted octanol–water partition coefficient (Wildman–Crippen LogP) is 3.32. The summed E-state index contributed by atoms with van der Waals surface area (Å²) < 4.78 is 25.4. The van der Waals surface area contributed by atoms with E-state index in [0.29, 0.717) is 19.1 Å². The van der Waals surface area contributed by atoms with E-state index >= 15 is 0 Å². The minimum atomic E-state index is -3.03. The number of piperidine rings is 1. The first-order chi connectivity index (χ1) is 11.6. The Morgan fingerprint density at radius 2 is 1.88 bits per heavy atom. The van der Waals surface area contributed by atoms with Gasteiger partial charge in [-0.15, -0.1) is 11.3 Å². The van der Waals surface area contributed by atoms with Crippen LogP contribution in [-0.4, -0.2) is 37.6 Å². The van der Waals surface area contributed by atoms with Crippen LogP contribution in [0.3, 0.4) is 0 Å². The molecule has 0 aliphatic carbocycles. The molecule has 3 rings (SSSR count). The third-order valence-electron chi connectivity index (χ3n) is 4.54. The van der Waals surface area contributed by atoms with Gasteiger partial charge in [0, 0.05) is 30.6 Å². The summed E-state index contributed by atoms with van der Waals surface area (Å²) in [5, 5.41) is 5.78. The molecule has 0 radical (unpaired) electrons. The fourth-order valence-electron chi connectivity index (χ4n) is 3.02. The number of thiophene rings is 1. The highest BCUT2D eigenvalue weighted by atomic mass is 32.2. The summed E-state index contributed by atoms with van der Waals surface area (Å²) in [5.41, 5.74) is 2.51. The summed E-state index contributed by atoms with van der Waals surface area (Å²) in [6.07, 6.45) is 1.77. The minimum Gasteiger partial charge on any atom is -0.309 e. The normalized spacial score (nSPS) is 17.2. The van der Waals surface area contributed by atoms with Crippen molar-refractivity contribution in [3.8, 4) is 11.1 Å². The van der Waals surface area contributed by atoms with Gasteiger partial charge in [-0.1, -0.05) is 30.3 Å². The van der Waals surface area contributed by atoms with Crippen molar-refractivity contribution in [2.45, 2.75) is 32.4 Å². The molecule has 24 heavy (non-hydrogen) atoms. The molecule has 1 aromatic carbocycles. The molecule has 1 N–H and O–H groups in total. The fourth-order valence-corrected chi connectivity index (χ4v) is 5.00. The number of sulfonamides is 1. The van der Waals surface area contributed by atoms with E-state index in [9.17, 15) is 8.42 Å². The molecule has 0 amide bonds. The van der Waals surface area contributed by atoms with Crippen molar-refractivity contribution in [1.29, 1.82) is 0 Å². The van der Waals surface area contributed by atoms with Crippen molar-refractivity contribution in [3.63, 3.8) is 0 Å². The van der Waals surface area contributed by atoms with Crippen LogP contribution in [-0.2, 0) is 16.6 Å². The molecule has 1 aliphatic heterocycles. The molecular weight excluding hydrogens is 340 g/mol. The first kappa shape index (κ1) is 17.6. The third-order valence-corrected chi connectivity index (χ3v) is 7.36. The third kappa shape index (κ3) is 4.25. The Hall–Kier alpha value is -1.21. The van der Waals surface area contributed by atoms with Crippen molar-refractivity contribution < 1.29 is 8.42 Å². The summed E-state index contributed by atoms with van der Waals surface area (Å²) in [7, 11) is -3.03. The van der Waals surface area contributed by atoms with Crippen LogP contribution in [0.15, 0.2) is 41.8 Å². The van der Waals surface area contributed by atoms with Gasteiger partial charge >= 0.3 is 0 Å². The second-order valence-corrected chi connectivity index (χ2v) is 9.38. The number of rotatable bonds is 6. The first-order valence-corrected chi connectivity index (χ1v) is 10.9. The van der Waals surface area contributed by atoms with Crippen LogP contribution in [0.2, 0.25) is 0 Å². The molecule has 1 saturated heterocycles. The van der Waals surface area contributed by atoms with Crippen LogP contribution in [0.1, 0.15) is 24.6 Å². The van der Waals surface area contributed by atoms with Gasteiger partial charge in [0.15, 0.2) is 0 Å². The summed E-state index contributed by atoms with van der Waals surface area (Å²) in [6, 6.07) is 13.0. The van der Waals surface area contributed by atoms with E-state index in [0.717, 1.165) is 19.4 Å². The number of nitrogens with one attached hydrogen (secondary N) is 1. The molecule has 0 unspecified atom stereocenters. The van der Waals surface area contributed by atoms with Gasteiger partial charge in [-0.25, -0.2) is 12.7 Å². The lowest BCUT2D eigenvalue weighted by Crippen LogP contribution is -2.45. The van der Waals surface area contributed by atoms with Crippen LogP contribution < -0.4 is 5.32 Å². The van der Waals surface area contributed by atoms with Crippen molar-refractivity contribution in [2.24, 2.45) is 0 Å². The maximum Gasteiger partial charge on any atom is 0.213 e. The lowest BCUT2D eigenvalue weighted by Gasteiger charge is -2.31. The lowest BCUT2D eigenvalue weighted by molar-refractivity contribution is 0.289. The SMILES string of the molecule is CCS(=O)(=O)N1CCC(NCc2cc(-c3ccccc3)cs2)CC1. The van der Waals surface area contributed by atoms with E-state index in [2.05, 4.69) is 41.0 Å². The Labute approximate surface area is 148 Å². The van der Waals surface area contributed by atoms with Crippen LogP contribution in [0.25, 0.3) is 11.1 Å². The van der Waals surface area contributed by atoms with E-state index in [1.165, 1.54) is 16.0 Å². The van der Waals surface area contributed by atoms with E-state index in [4.69, 9.17) is 0 Å². The molecule has 130 valence electrons. The molecule has 6 heteroatoms. The zero-order valence-electron chi connectivity index (χ0n) is 13.9. The fraction of sp³-hybridized carbons (Fsp3) is 0.444. The van der Waals surface area contributed by atoms with Crippen LogP contribution in [0.5, 0.6) is 0 Å². The molecule has 0 atom stereocenters. The van der Waals surface area contributed by atoms with Crippen LogP contribution >= 0.6 is 11.3 Å². The topological polar surface area (TPSA) is 49.4 Å². The molecule has 4 nitrogen and oxygen atoms in total. The van der Waals surface area contributed by atoms with Crippen molar-refractivity contribution in [2.75, 3.05) is 18.8 Å². The maximum absolute atomic E-state index is 11.9. The number of benzene rings is 1. The average Bonchev–Trinajstić information content (AvgIpc) is 3.10. The molecule has 2 heterocycles. The molecule has 0 saturated carbocycles. The smallest absolute Gasteiger partial charge is 0.213 e. The average molecular weight is 365 g/mol. The molecule has 1 fully saturated rings. The van der Waals surface area contributed by atoms with Gasteiger partial charge in [-0.2, -0.15) is 0 Å². The van der Waals surface area contributed by atoms with Crippen molar-refractivity contribution in [3.05, 3.63) is 46.7 Å². The molecular formula is C18H24N2O2S2. The summed E-state index contributed by atoms with van der Waals surface area (Å²) in [4.78, 5) is 1.32. The Kier molecular flexibility index (Phi) is 5.71. The zero-order valence-corrected chi connectivity index (χ0v) is 15.6. The standard InChI is InChI=1S/C18H24N2O2S2/c1-2-24(21,22)20-10-8-17(9-11-20)19-13-18-12-16(14-23-18)15-6-4-3-5-7-15/h3-7,12,14,17,19H,2,8-11,13H2,1H3. The minimum absolute atomic E-state index is 0.197. The zero-order chi connectivity index (χ0) is 17.0. The molecule has 0 spiro atoms. The second kappa shape index (κ2) is 7.78. The van der Waals surface area contributed by atoms with Gasteiger partial charge in [0.05, 0.1) is 5.75 Å². The van der Waals surface area contributed by atoms with Gasteiger partial charge < -0.3 is 5.32 Å². The number of hydrogen-bond acceptors (Lipinski definition) is 4. The van der Waals surface area contributed by atoms with Crippen LogP contribution in [0, 0.1) is 0 Å². The van der Waals surface area contributed by atoms with Gasteiger partial charge in [0.25, 0.3) is 0 Å². The first-order valence-electron chi connectivity index (χ1n) is 8.42. The molecule has 1 aliphatic rings. The van der Waals surface area contributed by atoms with Crippen LogP contribution in [0.4, 0.5) is 0 Å². The van der Waals surface area contributed by atoms with Gasteiger partial charge in [-0.3, -0.25) is 0 Å². The summed E-state index contributed by atoms with van der Waals surface area (Å²) in [6.45, 7) is 3.82. The summed E-state index contributed by atoms with van der Waals surface area (Å²) in [5.74, 6) is 0.197. The number of nitrogens with zero attached hydrogens (tertiary/aromatic N) is 1. The lowest BCUT2D eigenvalue weighted by atomic mass is 10.1. The molecule has 1 aromatic heterocycles. The maximum atomic E-state index is 11.9. The highest BCUT2D eigenvalue weighted by molar-refractivity contribution is 7.89.